The van der Waals surface area contributed by atoms with E-state index >= 15 is 0 Å². The number of carboxylic acid groups (broad SMARTS) is 1. The van der Waals surface area contributed by atoms with Crippen LogP contribution in [0.25, 0.3) is 0 Å². The maximum atomic E-state index is 10.3. The van der Waals surface area contributed by atoms with Crippen molar-refractivity contribution in [3.8, 4) is 0 Å². The topological polar surface area (TPSA) is 37.3 Å². The number of hydrogen-bond donors (Lipinski definition) is 1. The summed E-state index contributed by atoms with van der Waals surface area (Å²) in [4.78, 5) is 10.3. The normalized spacial score (nSPS) is 12.1. The summed E-state index contributed by atoms with van der Waals surface area (Å²) in [6.07, 6.45) is 23.3. The van der Waals surface area contributed by atoms with Crippen LogP contribution in [0.15, 0.2) is 36.5 Å². The molecule has 0 aromatic heterocycles. The number of rotatable bonds is 13. The largest absolute Gasteiger partial charge is 0.481 e. The molecule has 0 bridgehead atoms. The second-order valence-corrected chi connectivity index (χ2v) is 5.08. The molecule has 0 radical (unpaired) electrons. The molecule has 1 N–H and O–H groups in total. The first-order valence-corrected chi connectivity index (χ1v) is 7.97. The van der Waals surface area contributed by atoms with E-state index in [2.05, 4.69) is 43.4 Å². The Bertz CT molecular complexity index is 301. The number of unbranched alkanes of at least 4 members (excludes halogenated alkanes) is 7. The Balaban J connectivity index is 3.32. The summed E-state index contributed by atoms with van der Waals surface area (Å²) < 4.78 is 0. The molecular formula is C18H30O2. The molecule has 0 amide bonds. The van der Waals surface area contributed by atoms with E-state index in [0.717, 1.165) is 32.1 Å². The minimum atomic E-state index is -0.683. The van der Waals surface area contributed by atoms with Crippen molar-refractivity contribution in [1.82, 2.24) is 0 Å². The fourth-order valence-corrected chi connectivity index (χ4v) is 1.88. The molecule has 0 saturated carbocycles. The smallest absolute Gasteiger partial charge is 0.303 e. The van der Waals surface area contributed by atoms with Crippen LogP contribution in [0.4, 0.5) is 0 Å². The molecule has 0 atom stereocenters. The molecule has 0 aliphatic carbocycles. The number of aliphatic carboxylic acids is 1. The standard InChI is InChI=1S/C18H30O2/c1-2-3-4-5-6-7-8-9-10-11-12-13-14-15-16-17-18(19)20/h6-11H,2-5,12-17H2,1H3,(H,19,20)/b7-6-,9-8+,11-10+. The van der Waals surface area contributed by atoms with E-state index in [1.165, 1.54) is 25.7 Å². The molecule has 0 rings (SSSR count). The van der Waals surface area contributed by atoms with Crippen molar-refractivity contribution >= 4 is 5.97 Å². The Morgan fingerprint density at radius 1 is 0.800 bits per heavy atom. The number of hydrogen-bond acceptors (Lipinski definition) is 1. The Kier molecular flexibility index (Phi) is 14.7. The number of allylic oxidation sites excluding steroid dienone is 6. The molecule has 0 aliphatic rings. The molecular weight excluding hydrogens is 248 g/mol. The molecule has 0 saturated heterocycles. The molecule has 20 heavy (non-hydrogen) atoms. The first-order chi connectivity index (χ1) is 9.77. The van der Waals surface area contributed by atoms with Crippen LogP contribution in [-0.4, -0.2) is 11.1 Å². The van der Waals surface area contributed by atoms with Gasteiger partial charge in [0.25, 0.3) is 0 Å². The second kappa shape index (κ2) is 15.7. The minimum absolute atomic E-state index is 0.309. The van der Waals surface area contributed by atoms with Crippen LogP contribution < -0.4 is 0 Å². The molecule has 114 valence electrons. The Morgan fingerprint density at radius 2 is 1.35 bits per heavy atom. The van der Waals surface area contributed by atoms with Gasteiger partial charge >= 0.3 is 5.97 Å². The fraction of sp³-hybridized carbons (Fsp3) is 0.611. The molecule has 2 nitrogen and oxygen atoms in total. The number of carboxylic acids is 1. The van der Waals surface area contributed by atoms with Gasteiger partial charge in [-0.25, -0.2) is 0 Å². The van der Waals surface area contributed by atoms with Crippen LogP contribution in [0, 0.1) is 0 Å². The molecule has 0 aliphatic heterocycles. The SMILES string of the molecule is CCCCC\C=C/C=C/C=C/CCCCCCC(=O)O. The van der Waals surface area contributed by atoms with Crippen LogP contribution >= 0.6 is 0 Å². The van der Waals surface area contributed by atoms with E-state index in [1.807, 2.05) is 0 Å². The van der Waals surface area contributed by atoms with E-state index in [0.29, 0.717) is 6.42 Å². The molecule has 0 unspecified atom stereocenters. The van der Waals surface area contributed by atoms with Crippen molar-refractivity contribution in [2.24, 2.45) is 0 Å². The van der Waals surface area contributed by atoms with Crippen LogP contribution in [0.3, 0.4) is 0 Å². The summed E-state index contributed by atoms with van der Waals surface area (Å²) >= 11 is 0. The fourth-order valence-electron chi connectivity index (χ4n) is 1.88. The van der Waals surface area contributed by atoms with E-state index in [4.69, 9.17) is 5.11 Å². The maximum absolute atomic E-state index is 10.3. The van der Waals surface area contributed by atoms with Crippen LogP contribution in [0.2, 0.25) is 0 Å². The van der Waals surface area contributed by atoms with E-state index < -0.39 is 5.97 Å². The van der Waals surface area contributed by atoms with Gasteiger partial charge in [-0.2, -0.15) is 0 Å². The van der Waals surface area contributed by atoms with Gasteiger partial charge in [-0.1, -0.05) is 69.1 Å². The van der Waals surface area contributed by atoms with Crippen LogP contribution in [0.1, 0.15) is 71.1 Å². The van der Waals surface area contributed by atoms with Crippen LogP contribution in [-0.2, 0) is 4.79 Å². The summed E-state index contributed by atoms with van der Waals surface area (Å²) in [6, 6.07) is 0. The average molecular weight is 278 g/mol. The Hall–Kier alpha value is -1.31. The van der Waals surface area contributed by atoms with Gasteiger partial charge in [0, 0.05) is 6.42 Å². The zero-order valence-corrected chi connectivity index (χ0v) is 12.9. The molecule has 0 aromatic carbocycles. The lowest BCUT2D eigenvalue weighted by Crippen LogP contribution is -1.93. The zero-order chi connectivity index (χ0) is 14.9. The molecule has 0 aromatic rings. The highest BCUT2D eigenvalue weighted by Crippen LogP contribution is 2.06. The van der Waals surface area contributed by atoms with Crippen molar-refractivity contribution in [2.75, 3.05) is 0 Å². The maximum Gasteiger partial charge on any atom is 0.303 e. The minimum Gasteiger partial charge on any atom is -0.481 e. The third kappa shape index (κ3) is 16.7. The lowest BCUT2D eigenvalue weighted by molar-refractivity contribution is -0.137. The lowest BCUT2D eigenvalue weighted by atomic mass is 10.1. The molecule has 0 spiro atoms. The summed E-state index contributed by atoms with van der Waals surface area (Å²) in [5.74, 6) is -0.683. The monoisotopic (exact) mass is 278 g/mol. The first-order valence-electron chi connectivity index (χ1n) is 7.97. The molecule has 0 fully saturated rings. The third-order valence-corrected chi connectivity index (χ3v) is 3.09. The Labute approximate surface area is 124 Å². The lowest BCUT2D eigenvalue weighted by Gasteiger charge is -1.96. The van der Waals surface area contributed by atoms with E-state index in [-0.39, 0.29) is 0 Å². The molecule has 2 heteroatoms. The van der Waals surface area contributed by atoms with Crippen LogP contribution in [0.5, 0.6) is 0 Å². The zero-order valence-electron chi connectivity index (χ0n) is 12.9. The third-order valence-electron chi connectivity index (χ3n) is 3.09. The van der Waals surface area contributed by atoms with Gasteiger partial charge in [0.05, 0.1) is 0 Å². The molecule has 0 heterocycles. The summed E-state index contributed by atoms with van der Waals surface area (Å²) in [6.45, 7) is 2.22. The van der Waals surface area contributed by atoms with Crippen molar-refractivity contribution in [2.45, 2.75) is 71.1 Å². The highest BCUT2D eigenvalue weighted by Gasteiger charge is 1.95. The van der Waals surface area contributed by atoms with Gasteiger partial charge in [0.1, 0.15) is 0 Å². The van der Waals surface area contributed by atoms with Gasteiger partial charge in [-0.05, 0) is 32.1 Å². The van der Waals surface area contributed by atoms with Crippen molar-refractivity contribution in [3.05, 3.63) is 36.5 Å². The van der Waals surface area contributed by atoms with Gasteiger partial charge in [0.2, 0.25) is 0 Å². The van der Waals surface area contributed by atoms with E-state index in [1.54, 1.807) is 0 Å². The highest BCUT2D eigenvalue weighted by atomic mass is 16.4. The van der Waals surface area contributed by atoms with Crippen molar-refractivity contribution in [1.29, 1.82) is 0 Å². The van der Waals surface area contributed by atoms with Crippen molar-refractivity contribution < 1.29 is 9.90 Å². The summed E-state index contributed by atoms with van der Waals surface area (Å²) in [7, 11) is 0. The number of carbonyl (C=O) groups is 1. The summed E-state index contributed by atoms with van der Waals surface area (Å²) in [5.41, 5.74) is 0. The van der Waals surface area contributed by atoms with Gasteiger partial charge in [-0.15, -0.1) is 0 Å². The van der Waals surface area contributed by atoms with Gasteiger partial charge in [0.15, 0.2) is 0 Å². The van der Waals surface area contributed by atoms with E-state index in [9.17, 15) is 4.79 Å². The quantitative estimate of drug-likeness (QED) is 0.348. The average Bonchev–Trinajstić information content (AvgIpc) is 2.43. The van der Waals surface area contributed by atoms with Gasteiger partial charge < -0.3 is 5.11 Å². The predicted molar refractivity (Wildman–Crippen MR) is 86.9 cm³/mol. The second-order valence-electron chi connectivity index (χ2n) is 5.08. The summed E-state index contributed by atoms with van der Waals surface area (Å²) in [5, 5.41) is 8.49. The highest BCUT2D eigenvalue weighted by molar-refractivity contribution is 5.66. The Morgan fingerprint density at radius 3 is 1.90 bits per heavy atom. The van der Waals surface area contributed by atoms with Crippen molar-refractivity contribution in [3.63, 3.8) is 0 Å². The van der Waals surface area contributed by atoms with Gasteiger partial charge in [-0.3, -0.25) is 4.79 Å². The first kappa shape index (κ1) is 18.7. The predicted octanol–water partition coefficient (Wildman–Crippen LogP) is 5.66.